The molecule has 2 N–H and O–H groups in total. The number of rotatable bonds is 3. The predicted octanol–water partition coefficient (Wildman–Crippen LogP) is 5.06. The summed E-state index contributed by atoms with van der Waals surface area (Å²) in [6.45, 7) is 0. The van der Waals surface area contributed by atoms with Crippen LogP contribution in [-0.2, 0) is 17.6 Å². The number of hydrogen-bond acceptors (Lipinski definition) is 5. The zero-order chi connectivity index (χ0) is 20.6. The smallest absolute Gasteiger partial charge is 0.340 e. The van der Waals surface area contributed by atoms with E-state index in [2.05, 4.69) is 0 Å². The minimum Gasteiger partial charge on any atom is -0.490 e. The second-order valence-corrected chi connectivity index (χ2v) is 10.1. The summed E-state index contributed by atoms with van der Waals surface area (Å²) >= 11 is 0. The molecule has 29 heavy (non-hydrogen) atoms. The SMILES string of the molecule is COC(=O)c1cc2c(cc1F)CCCc1cc(OC3CCS(O)(O)CC3)ccc1-2. The van der Waals surface area contributed by atoms with E-state index in [9.17, 15) is 18.3 Å². The van der Waals surface area contributed by atoms with E-state index in [0.717, 1.165) is 47.3 Å². The molecule has 156 valence electrons. The highest BCUT2D eigenvalue weighted by Gasteiger charge is 2.26. The minimum atomic E-state index is -2.43. The number of fused-ring (bicyclic) bond motifs is 3. The van der Waals surface area contributed by atoms with Crippen LogP contribution in [0.5, 0.6) is 5.75 Å². The van der Waals surface area contributed by atoms with E-state index in [0.29, 0.717) is 24.3 Å². The normalized spacial score (nSPS) is 19.4. The van der Waals surface area contributed by atoms with Crippen molar-refractivity contribution in [3.63, 3.8) is 0 Å². The van der Waals surface area contributed by atoms with Gasteiger partial charge in [0.2, 0.25) is 0 Å². The molecular weight excluding hydrogens is 395 g/mol. The van der Waals surface area contributed by atoms with Crippen LogP contribution in [0.3, 0.4) is 0 Å². The van der Waals surface area contributed by atoms with Crippen molar-refractivity contribution in [3.05, 3.63) is 52.8 Å². The molecule has 0 amide bonds. The number of methoxy groups -OCH3 is 1. The van der Waals surface area contributed by atoms with E-state index >= 15 is 0 Å². The highest BCUT2D eigenvalue weighted by atomic mass is 32.3. The molecule has 1 heterocycles. The molecular formula is C22H25FO5S. The summed E-state index contributed by atoms with van der Waals surface area (Å²) in [6.07, 6.45) is 3.69. The number of ether oxygens (including phenoxy) is 2. The van der Waals surface area contributed by atoms with Crippen molar-refractivity contribution >= 4 is 16.6 Å². The van der Waals surface area contributed by atoms with Crippen LogP contribution in [0, 0.1) is 5.82 Å². The summed E-state index contributed by atoms with van der Waals surface area (Å²) in [7, 11) is -1.18. The van der Waals surface area contributed by atoms with Gasteiger partial charge in [-0.2, -0.15) is 10.6 Å². The molecule has 0 unspecified atom stereocenters. The maximum Gasteiger partial charge on any atom is 0.340 e. The number of carbonyl (C=O) groups is 1. The Morgan fingerprint density at radius 1 is 1.07 bits per heavy atom. The summed E-state index contributed by atoms with van der Waals surface area (Å²) in [5.74, 6) is 0.294. The molecule has 1 aliphatic carbocycles. The summed E-state index contributed by atoms with van der Waals surface area (Å²) < 4.78 is 44.7. The standard InChI is InChI=1S/C22H25FO5S/c1-27-22(24)20-13-19-15(12-21(20)23)4-2-3-14-11-17(5-6-18(14)19)28-16-7-9-29(25,26)10-8-16/h5-6,11-13,16,25-26H,2-4,7-10H2,1H3. The Kier molecular flexibility index (Phi) is 5.55. The lowest BCUT2D eigenvalue weighted by Crippen LogP contribution is -2.28. The average Bonchev–Trinajstić information content (AvgIpc) is 2.86. The second-order valence-electron chi connectivity index (χ2n) is 7.68. The van der Waals surface area contributed by atoms with Crippen LogP contribution in [0.15, 0.2) is 30.3 Å². The number of hydrogen-bond donors (Lipinski definition) is 2. The van der Waals surface area contributed by atoms with Gasteiger partial charge in [-0.15, -0.1) is 0 Å². The van der Waals surface area contributed by atoms with Crippen LogP contribution in [0.4, 0.5) is 4.39 Å². The highest BCUT2D eigenvalue weighted by Crippen LogP contribution is 2.45. The minimum absolute atomic E-state index is 0.0222. The zero-order valence-electron chi connectivity index (χ0n) is 16.3. The Balaban J connectivity index is 1.63. The third kappa shape index (κ3) is 4.27. The monoisotopic (exact) mass is 420 g/mol. The van der Waals surface area contributed by atoms with E-state index in [1.54, 1.807) is 6.07 Å². The van der Waals surface area contributed by atoms with Crippen molar-refractivity contribution in [2.45, 2.75) is 38.2 Å². The van der Waals surface area contributed by atoms with E-state index in [1.165, 1.54) is 13.2 Å². The molecule has 0 aromatic heterocycles. The van der Waals surface area contributed by atoms with Gasteiger partial charge >= 0.3 is 5.97 Å². The van der Waals surface area contributed by atoms with Gasteiger partial charge in [0.25, 0.3) is 0 Å². The van der Waals surface area contributed by atoms with Crippen molar-refractivity contribution in [2.24, 2.45) is 0 Å². The zero-order valence-corrected chi connectivity index (χ0v) is 17.1. The summed E-state index contributed by atoms with van der Waals surface area (Å²) in [6, 6.07) is 8.90. The van der Waals surface area contributed by atoms with E-state index in [1.807, 2.05) is 18.2 Å². The number of halogens is 1. The largest absolute Gasteiger partial charge is 0.490 e. The molecule has 7 heteroatoms. The fraction of sp³-hybridized carbons (Fsp3) is 0.409. The lowest BCUT2D eigenvalue weighted by atomic mass is 9.94. The molecule has 1 aliphatic heterocycles. The molecule has 0 spiro atoms. The van der Waals surface area contributed by atoms with Crippen LogP contribution >= 0.6 is 10.6 Å². The third-order valence-electron chi connectivity index (χ3n) is 5.69. The quantitative estimate of drug-likeness (QED) is 0.679. The van der Waals surface area contributed by atoms with Gasteiger partial charge in [-0.05, 0) is 65.8 Å². The molecule has 1 fully saturated rings. The first-order valence-electron chi connectivity index (χ1n) is 9.80. The molecule has 2 aromatic rings. The van der Waals surface area contributed by atoms with Gasteiger partial charge in [0.05, 0.1) is 12.7 Å². The van der Waals surface area contributed by atoms with Crippen LogP contribution in [0.2, 0.25) is 0 Å². The van der Waals surface area contributed by atoms with Crippen LogP contribution < -0.4 is 4.74 Å². The fourth-order valence-corrected chi connectivity index (χ4v) is 5.60. The number of aryl methyl sites for hydroxylation is 2. The van der Waals surface area contributed by atoms with Crippen molar-refractivity contribution in [1.29, 1.82) is 0 Å². The maximum atomic E-state index is 14.3. The van der Waals surface area contributed by atoms with Gasteiger partial charge in [-0.1, -0.05) is 6.07 Å². The summed E-state index contributed by atoms with van der Waals surface area (Å²) in [5.41, 5.74) is 3.77. The van der Waals surface area contributed by atoms with Gasteiger partial charge < -0.3 is 9.47 Å². The molecule has 2 aromatic carbocycles. The Morgan fingerprint density at radius 2 is 1.76 bits per heavy atom. The average molecular weight is 421 g/mol. The van der Waals surface area contributed by atoms with Gasteiger partial charge in [0.15, 0.2) is 0 Å². The van der Waals surface area contributed by atoms with Gasteiger partial charge in [0, 0.05) is 24.3 Å². The van der Waals surface area contributed by atoms with E-state index in [4.69, 9.17) is 9.47 Å². The summed E-state index contributed by atoms with van der Waals surface area (Å²) in [4.78, 5) is 11.9. The topological polar surface area (TPSA) is 76.0 Å². The first-order valence-corrected chi connectivity index (χ1v) is 11.7. The number of benzene rings is 2. The summed E-state index contributed by atoms with van der Waals surface area (Å²) in [5, 5.41) is 0. The molecule has 4 rings (SSSR count). The highest BCUT2D eigenvalue weighted by molar-refractivity contribution is 8.24. The first kappa shape index (κ1) is 20.2. The van der Waals surface area contributed by atoms with E-state index in [-0.39, 0.29) is 11.7 Å². The molecule has 5 nitrogen and oxygen atoms in total. The van der Waals surface area contributed by atoms with Crippen LogP contribution in [0.25, 0.3) is 11.1 Å². The van der Waals surface area contributed by atoms with Crippen LogP contribution in [-0.4, -0.2) is 39.8 Å². The first-order chi connectivity index (χ1) is 13.9. The lowest BCUT2D eigenvalue weighted by Gasteiger charge is -2.39. The lowest BCUT2D eigenvalue weighted by molar-refractivity contribution is 0.0595. The van der Waals surface area contributed by atoms with Gasteiger partial charge in [-0.25, -0.2) is 9.18 Å². The van der Waals surface area contributed by atoms with Crippen LogP contribution in [0.1, 0.15) is 40.7 Å². The maximum absolute atomic E-state index is 14.3. The van der Waals surface area contributed by atoms with Gasteiger partial charge in [0.1, 0.15) is 17.7 Å². The Morgan fingerprint density at radius 3 is 2.45 bits per heavy atom. The van der Waals surface area contributed by atoms with Crippen molar-refractivity contribution < 1.29 is 27.8 Å². The Bertz CT molecular complexity index is 933. The number of carbonyl (C=O) groups excluding carboxylic acids is 1. The van der Waals surface area contributed by atoms with Crippen molar-refractivity contribution in [1.82, 2.24) is 0 Å². The Labute approximate surface area is 171 Å². The molecule has 0 saturated carbocycles. The van der Waals surface area contributed by atoms with E-state index < -0.39 is 22.4 Å². The molecule has 2 aliphatic rings. The Hall–Kier alpha value is -2.09. The van der Waals surface area contributed by atoms with Gasteiger partial charge in [-0.3, -0.25) is 9.11 Å². The van der Waals surface area contributed by atoms with Crippen molar-refractivity contribution in [3.8, 4) is 16.9 Å². The number of esters is 1. The molecule has 0 bridgehead atoms. The molecule has 1 saturated heterocycles. The predicted molar refractivity (Wildman–Crippen MR) is 111 cm³/mol. The molecule has 0 radical (unpaired) electrons. The van der Waals surface area contributed by atoms with Crippen molar-refractivity contribution in [2.75, 3.05) is 18.6 Å². The fourth-order valence-electron chi connectivity index (χ4n) is 4.12. The third-order valence-corrected chi connectivity index (χ3v) is 7.47. The molecule has 0 atom stereocenters. The second kappa shape index (κ2) is 7.97.